The molecule has 0 aromatic rings. The van der Waals surface area contributed by atoms with Gasteiger partial charge in [0.2, 0.25) is 0 Å². The molecule has 0 radical (unpaired) electrons. The summed E-state index contributed by atoms with van der Waals surface area (Å²) in [5.41, 5.74) is 2.12. The summed E-state index contributed by atoms with van der Waals surface area (Å²) >= 11 is 0. The van der Waals surface area contributed by atoms with Crippen LogP contribution >= 0.6 is 0 Å². The number of amides is 1. The Kier molecular flexibility index (Phi) is 11.7. The Balaban J connectivity index is 3.15. The molecule has 1 N–H and O–H groups in total. The van der Waals surface area contributed by atoms with Crippen molar-refractivity contribution in [1.29, 1.82) is 0 Å². The van der Waals surface area contributed by atoms with Crippen LogP contribution in [0.3, 0.4) is 0 Å². The highest BCUT2D eigenvalue weighted by molar-refractivity contribution is 5.77. The van der Waals surface area contributed by atoms with E-state index in [0.29, 0.717) is 6.42 Å². The zero-order valence-electron chi connectivity index (χ0n) is 11.8. The van der Waals surface area contributed by atoms with Crippen molar-refractivity contribution < 1.29 is 14.4 Å². The molecule has 0 heterocycles. The molecule has 18 heavy (non-hydrogen) atoms. The summed E-state index contributed by atoms with van der Waals surface area (Å²) in [5, 5.41) is 0. The number of carbonyl (C=O) groups excluding carboxylic acids is 2. The van der Waals surface area contributed by atoms with Crippen molar-refractivity contribution in [3.63, 3.8) is 0 Å². The quantitative estimate of drug-likeness (QED) is 0.481. The van der Waals surface area contributed by atoms with Gasteiger partial charge in [-0.3, -0.25) is 9.59 Å². The fourth-order valence-electron chi connectivity index (χ4n) is 1.78. The van der Waals surface area contributed by atoms with Gasteiger partial charge >= 0.3 is 5.97 Å². The van der Waals surface area contributed by atoms with E-state index in [4.69, 9.17) is 0 Å². The molecule has 106 valence electrons. The van der Waals surface area contributed by atoms with Gasteiger partial charge in [-0.05, 0) is 6.42 Å². The van der Waals surface area contributed by atoms with Gasteiger partial charge in [0.25, 0.3) is 5.91 Å². The first-order valence-corrected chi connectivity index (χ1v) is 7.13. The molecule has 0 atom stereocenters. The number of unbranched alkanes of at least 4 members (excludes halogenated alkanes) is 8. The van der Waals surface area contributed by atoms with Gasteiger partial charge in [-0.15, -0.1) is 0 Å². The van der Waals surface area contributed by atoms with Gasteiger partial charge in [-0.25, -0.2) is 0 Å². The third-order valence-electron chi connectivity index (χ3n) is 2.82. The monoisotopic (exact) mass is 257 g/mol. The summed E-state index contributed by atoms with van der Waals surface area (Å²) in [6, 6.07) is 0. The molecule has 0 rings (SSSR count). The number of hydroxylamine groups is 1. The maximum Gasteiger partial charge on any atom is 0.329 e. The minimum Gasteiger partial charge on any atom is -0.341 e. The highest BCUT2D eigenvalue weighted by atomic mass is 16.7. The summed E-state index contributed by atoms with van der Waals surface area (Å²) in [4.78, 5) is 26.0. The summed E-state index contributed by atoms with van der Waals surface area (Å²) in [6.45, 7) is 3.49. The molecule has 0 aromatic heterocycles. The summed E-state index contributed by atoms with van der Waals surface area (Å²) in [6.07, 6.45) is 11.4. The molecule has 0 aromatic carbocycles. The minimum absolute atomic E-state index is 0.215. The first kappa shape index (κ1) is 16.9. The van der Waals surface area contributed by atoms with Crippen LogP contribution in [0, 0.1) is 0 Å². The second-order valence-corrected chi connectivity index (χ2v) is 4.70. The molecule has 0 spiro atoms. The third kappa shape index (κ3) is 13.0. The first-order valence-electron chi connectivity index (χ1n) is 7.13. The Bertz CT molecular complexity index is 229. The van der Waals surface area contributed by atoms with Gasteiger partial charge in [0.05, 0.1) is 0 Å². The van der Waals surface area contributed by atoms with Gasteiger partial charge in [0, 0.05) is 13.3 Å². The average Bonchev–Trinajstić information content (AvgIpc) is 2.34. The number of hydrogen-bond donors (Lipinski definition) is 1. The molecular formula is C14H27NO3. The smallest absolute Gasteiger partial charge is 0.329 e. The van der Waals surface area contributed by atoms with E-state index in [2.05, 4.69) is 17.2 Å². The molecule has 0 aliphatic heterocycles. The average molecular weight is 257 g/mol. The van der Waals surface area contributed by atoms with Gasteiger partial charge in [-0.2, -0.15) is 5.48 Å². The Labute approximate surface area is 110 Å². The molecular weight excluding hydrogens is 230 g/mol. The fraction of sp³-hybridized carbons (Fsp3) is 0.857. The summed E-state index contributed by atoms with van der Waals surface area (Å²) in [5.74, 6) is -0.705. The topological polar surface area (TPSA) is 55.4 Å². The Hall–Kier alpha value is -1.06. The third-order valence-corrected chi connectivity index (χ3v) is 2.82. The largest absolute Gasteiger partial charge is 0.341 e. The maximum atomic E-state index is 11.2. The van der Waals surface area contributed by atoms with E-state index in [1.807, 2.05) is 0 Å². The number of hydrogen-bond acceptors (Lipinski definition) is 3. The predicted molar refractivity (Wildman–Crippen MR) is 71.8 cm³/mol. The lowest BCUT2D eigenvalue weighted by molar-refractivity contribution is -0.156. The van der Waals surface area contributed by atoms with E-state index in [-0.39, 0.29) is 5.91 Å². The molecule has 4 nitrogen and oxygen atoms in total. The minimum atomic E-state index is -0.490. The summed E-state index contributed by atoms with van der Waals surface area (Å²) < 4.78 is 0. The van der Waals surface area contributed by atoms with Crippen molar-refractivity contribution in [1.82, 2.24) is 5.48 Å². The second kappa shape index (κ2) is 12.4. The SMILES string of the molecule is CCCCCCCCCCCC(=O)NOC(C)=O. The van der Waals surface area contributed by atoms with Gasteiger partial charge < -0.3 is 4.84 Å². The van der Waals surface area contributed by atoms with Crippen LogP contribution in [0.2, 0.25) is 0 Å². The molecule has 1 amide bonds. The van der Waals surface area contributed by atoms with Crippen molar-refractivity contribution >= 4 is 11.9 Å². The van der Waals surface area contributed by atoms with E-state index in [0.717, 1.165) is 12.8 Å². The van der Waals surface area contributed by atoms with Crippen LogP contribution in [0.5, 0.6) is 0 Å². The van der Waals surface area contributed by atoms with Crippen LogP contribution < -0.4 is 5.48 Å². The second-order valence-electron chi connectivity index (χ2n) is 4.70. The van der Waals surface area contributed by atoms with Crippen molar-refractivity contribution in [2.75, 3.05) is 0 Å². The molecule has 4 heteroatoms. The number of rotatable bonds is 10. The maximum absolute atomic E-state index is 11.2. The number of nitrogens with one attached hydrogen (secondary N) is 1. The molecule has 0 saturated heterocycles. The van der Waals surface area contributed by atoms with E-state index < -0.39 is 5.97 Å². The van der Waals surface area contributed by atoms with Crippen LogP contribution in [-0.4, -0.2) is 11.9 Å². The standard InChI is InChI=1S/C14H27NO3/c1-3-4-5-6-7-8-9-10-11-12-14(17)15-18-13(2)16/h3-12H2,1-2H3,(H,15,17). The van der Waals surface area contributed by atoms with Crippen molar-refractivity contribution in [3.8, 4) is 0 Å². The molecule has 0 bridgehead atoms. The van der Waals surface area contributed by atoms with E-state index >= 15 is 0 Å². The van der Waals surface area contributed by atoms with Crippen molar-refractivity contribution in [2.24, 2.45) is 0 Å². The fourth-order valence-corrected chi connectivity index (χ4v) is 1.78. The zero-order valence-corrected chi connectivity index (χ0v) is 11.8. The van der Waals surface area contributed by atoms with Crippen molar-refractivity contribution in [2.45, 2.75) is 78.1 Å². The van der Waals surface area contributed by atoms with Crippen LogP contribution in [0.15, 0.2) is 0 Å². The Morgan fingerprint density at radius 2 is 1.39 bits per heavy atom. The normalized spacial score (nSPS) is 10.1. The van der Waals surface area contributed by atoms with Crippen LogP contribution in [0.4, 0.5) is 0 Å². The van der Waals surface area contributed by atoms with E-state index in [1.54, 1.807) is 0 Å². The highest BCUT2D eigenvalue weighted by Gasteiger charge is 2.02. The predicted octanol–water partition coefficient (Wildman–Crippen LogP) is 3.50. The van der Waals surface area contributed by atoms with Crippen molar-refractivity contribution in [3.05, 3.63) is 0 Å². The van der Waals surface area contributed by atoms with Crippen LogP contribution in [0.25, 0.3) is 0 Å². The lowest BCUT2D eigenvalue weighted by atomic mass is 10.1. The van der Waals surface area contributed by atoms with Gasteiger partial charge in [0.1, 0.15) is 0 Å². The summed E-state index contributed by atoms with van der Waals surface area (Å²) in [7, 11) is 0. The molecule has 0 aliphatic rings. The number of carbonyl (C=O) groups is 2. The first-order chi connectivity index (χ1) is 8.66. The Morgan fingerprint density at radius 1 is 0.889 bits per heavy atom. The lowest BCUT2D eigenvalue weighted by Gasteiger charge is -2.03. The molecule has 0 aliphatic carbocycles. The molecule has 0 unspecified atom stereocenters. The van der Waals surface area contributed by atoms with Crippen LogP contribution in [0.1, 0.15) is 78.1 Å². The molecule has 0 saturated carbocycles. The molecule has 0 fully saturated rings. The van der Waals surface area contributed by atoms with E-state index in [9.17, 15) is 9.59 Å². The Morgan fingerprint density at radius 3 is 1.89 bits per heavy atom. The highest BCUT2D eigenvalue weighted by Crippen LogP contribution is 2.10. The van der Waals surface area contributed by atoms with Gasteiger partial charge in [-0.1, -0.05) is 58.3 Å². The van der Waals surface area contributed by atoms with Crippen LogP contribution in [-0.2, 0) is 14.4 Å². The van der Waals surface area contributed by atoms with Gasteiger partial charge in [0.15, 0.2) is 0 Å². The zero-order chi connectivity index (χ0) is 13.6. The van der Waals surface area contributed by atoms with E-state index in [1.165, 1.54) is 51.9 Å². The lowest BCUT2D eigenvalue weighted by Crippen LogP contribution is -2.25.